The number of hydroxylamine groups is 1. The van der Waals surface area contributed by atoms with E-state index in [-0.39, 0.29) is 36.6 Å². The van der Waals surface area contributed by atoms with Gasteiger partial charge in [0.2, 0.25) is 5.91 Å². The topological polar surface area (TPSA) is 50.4 Å². The summed E-state index contributed by atoms with van der Waals surface area (Å²) in [6.07, 6.45) is 1.82. The minimum Gasteiger partial charge on any atom is -0.317 e. The maximum atomic E-state index is 11.1. The summed E-state index contributed by atoms with van der Waals surface area (Å²) >= 11 is 0. The van der Waals surface area contributed by atoms with Gasteiger partial charge >= 0.3 is 0 Å². The quantitative estimate of drug-likeness (QED) is 0.681. The molecule has 13 heavy (non-hydrogen) atoms. The Kier molecular flexibility index (Phi) is 10.2. The molecule has 1 aliphatic rings. The summed E-state index contributed by atoms with van der Waals surface area (Å²) in [7, 11) is 1.46. The SMILES string of the molecule is CONC(=O)C1CCNCC1.Cl.Cl. The highest BCUT2D eigenvalue weighted by Gasteiger charge is 2.20. The first kappa shape index (κ1) is 15.4. The molecule has 0 saturated carbocycles. The van der Waals surface area contributed by atoms with Crippen LogP contribution in [-0.2, 0) is 9.63 Å². The van der Waals surface area contributed by atoms with Crippen LogP contribution in [0.1, 0.15) is 12.8 Å². The molecule has 0 bridgehead atoms. The van der Waals surface area contributed by atoms with Crippen LogP contribution in [0, 0.1) is 5.92 Å². The van der Waals surface area contributed by atoms with E-state index in [1.54, 1.807) is 0 Å². The van der Waals surface area contributed by atoms with Crippen molar-refractivity contribution in [2.45, 2.75) is 12.8 Å². The summed E-state index contributed by atoms with van der Waals surface area (Å²) in [6, 6.07) is 0. The molecule has 2 N–H and O–H groups in total. The molecule has 0 radical (unpaired) electrons. The number of hydrogen-bond acceptors (Lipinski definition) is 3. The van der Waals surface area contributed by atoms with E-state index >= 15 is 0 Å². The second-order valence-electron chi connectivity index (χ2n) is 2.69. The summed E-state index contributed by atoms with van der Waals surface area (Å²) < 4.78 is 0. The van der Waals surface area contributed by atoms with Crippen molar-refractivity contribution in [1.29, 1.82) is 0 Å². The van der Waals surface area contributed by atoms with Crippen LogP contribution >= 0.6 is 24.8 Å². The van der Waals surface area contributed by atoms with E-state index in [0.29, 0.717) is 0 Å². The van der Waals surface area contributed by atoms with Gasteiger partial charge in [0, 0.05) is 5.92 Å². The van der Waals surface area contributed by atoms with Crippen LogP contribution in [0.5, 0.6) is 0 Å². The fourth-order valence-electron chi connectivity index (χ4n) is 1.27. The maximum Gasteiger partial charge on any atom is 0.246 e. The lowest BCUT2D eigenvalue weighted by Crippen LogP contribution is -2.37. The van der Waals surface area contributed by atoms with Gasteiger partial charge in [-0.15, -0.1) is 24.8 Å². The highest BCUT2D eigenvalue weighted by molar-refractivity contribution is 5.85. The standard InChI is InChI=1S/C7H14N2O2.2ClH/c1-11-9-7(10)6-2-4-8-5-3-6;;/h6,8H,2-5H2,1H3,(H,9,10);2*1H. The zero-order valence-corrected chi connectivity index (χ0v) is 9.17. The molecule has 1 aliphatic heterocycles. The minimum atomic E-state index is 0. The Labute approximate surface area is 90.6 Å². The zero-order valence-electron chi connectivity index (χ0n) is 7.54. The minimum absolute atomic E-state index is 0. The molecule has 0 unspecified atom stereocenters. The van der Waals surface area contributed by atoms with Crippen LogP contribution in [-0.4, -0.2) is 26.1 Å². The molecule has 0 aromatic heterocycles. The third kappa shape index (κ3) is 5.31. The highest BCUT2D eigenvalue weighted by atomic mass is 35.5. The number of carbonyl (C=O) groups is 1. The number of carbonyl (C=O) groups excluding carboxylic acids is 1. The number of halogens is 2. The molecule has 80 valence electrons. The van der Waals surface area contributed by atoms with E-state index in [2.05, 4.69) is 15.6 Å². The molecule has 6 heteroatoms. The summed E-state index contributed by atoms with van der Waals surface area (Å²) in [5.74, 6) is 0.144. The van der Waals surface area contributed by atoms with Crippen molar-refractivity contribution in [2.75, 3.05) is 20.2 Å². The third-order valence-electron chi connectivity index (χ3n) is 1.91. The predicted molar refractivity (Wildman–Crippen MR) is 55.2 cm³/mol. The van der Waals surface area contributed by atoms with Gasteiger partial charge in [0.1, 0.15) is 0 Å². The first-order valence-corrected chi connectivity index (χ1v) is 3.88. The van der Waals surface area contributed by atoms with Gasteiger partial charge < -0.3 is 5.32 Å². The van der Waals surface area contributed by atoms with Crippen LogP contribution in [0.4, 0.5) is 0 Å². The lowest BCUT2D eigenvalue weighted by atomic mass is 9.98. The average molecular weight is 231 g/mol. The predicted octanol–water partition coefficient (Wildman–Crippen LogP) is 0.507. The number of nitrogens with one attached hydrogen (secondary N) is 2. The van der Waals surface area contributed by atoms with Crippen molar-refractivity contribution in [3.05, 3.63) is 0 Å². The van der Waals surface area contributed by atoms with Crippen molar-refractivity contribution in [2.24, 2.45) is 5.92 Å². The summed E-state index contributed by atoms with van der Waals surface area (Å²) in [6.45, 7) is 1.86. The maximum absolute atomic E-state index is 11.1. The molecule has 1 fully saturated rings. The third-order valence-corrected chi connectivity index (χ3v) is 1.91. The molecule has 0 atom stereocenters. The van der Waals surface area contributed by atoms with E-state index in [1.807, 2.05) is 0 Å². The Morgan fingerprint density at radius 1 is 1.38 bits per heavy atom. The lowest BCUT2D eigenvalue weighted by molar-refractivity contribution is -0.136. The highest BCUT2D eigenvalue weighted by Crippen LogP contribution is 2.10. The molecular weight excluding hydrogens is 215 g/mol. The van der Waals surface area contributed by atoms with Crippen molar-refractivity contribution in [1.82, 2.24) is 10.8 Å². The van der Waals surface area contributed by atoms with Gasteiger partial charge in [-0.05, 0) is 25.9 Å². The monoisotopic (exact) mass is 230 g/mol. The fourth-order valence-corrected chi connectivity index (χ4v) is 1.27. The smallest absolute Gasteiger partial charge is 0.246 e. The molecule has 1 heterocycles. The number of piperidine rings is 1. The molecule has 0 aliphatic carbocycles. The van der Waals surface area contributed by atoms with E-state index in [0.717, 1.165) is 25.9 Å². The molecule has 4 nitrogen and oxygen atoms in total. The molecular formula is C7H16Cl2N2O2. The number of hydrogen-bond donors (Lipinski definition) is 2. The summed E-state index contributed by atoms with van der Waals surface area (Å²) in [5.41, 5.74) is 2.35. The van der Waals surface area contributed by atoms with Crippen LogP contribution < -0.4 is 10.8 Å². The van der Waals surface area contributed by atoms with Crippen LogP contribution in [0.2, 0.25) is 0 Å². The van der Waals surface area contributed by atoms with Crippen LogP contribution in [0.15, 0.2) is 0 Å². The van der Waals surface area contributed by atoms with Gasteiger partial charge in [0.05, 0.1) is 7.11 Å². The zero-order chi connectivity index (χ0) is 8.10. The Hall–Kier alpha value is -0.0300. The number of rotatable bonds is 2. The fraction of sp³-hybridized carbons (Fsp3) is 0.857. The summed E-state index contributed by atoms with van der Waals surface area (Å²) in [5, 5.41) is 3.19. The Balaban J connectivity index is 0. The van der Waals surface area contributed by atoms with E-state index in [4.69, 9.17) is 0 Å². The number of amides is 1. The first-order chi connectivity index (χ1) is 5.34. The summed E-state index contributed by atoms with van der Waals surface area (Å²) in [4.78, 5) is 15.7. The van der Waals surface area contributed by atoms with Crippen molar-refractivity contribution in [3.63, 3.8) is 0 Å². The molecule has 0 spiro atoms. The van der Waals surface area contributed by atoms with Gasteiger partial charge in [-0.2, -0.15) is 0 Å². The van der Waals surface area contributed by atoms with E-state index in [1.165, 1.54) is 7.11 Å². The second-order valence-corrected chi connectivity index (χ2v) is 2.69. The molecule has 1 amide bonds. The normalized spacial score (nSPS) is 16.7. The largest absolute Gasteiger partial charge is 0.317 e. The van der Waals surface area contributed by atoms with Crippen LogP contribution in [0.3, 0.4) is 0 Å². The average Bonchev–Trinajstić information content (AvgIpc) is 2.07. The van der Waals surface area contributed by atoms with Crippen molar-refractivity contribution < 1.29 is 9.63 Å². The van der Waals surface area contributed by atoms with E-state index < -0.39 is 0 Å². The van der Waals surface area contributed by atoms with Crippen molar-refractivity contribution in [3.8, 4) is 0 Å². The lowest BCUT2D eigenvalue weighted by Gasteiger charge is -2.20. The Morgan fingerprint density at radius 3 is 2.38 bits per heavy atom. The molecule has 0 aromatic rings. The molecule has 0 aromatic carbocycles. The second kappa shape index (κ2) is 8.56. The van der Waals surface area contributed by atoms with Crippen molar-refractivity contribution >= 4 is 30.7 Å². The van der Waals surface area contributed by atoms with Gasteiger partial charge in [0.15, 0.2) is 0 Å². The van der Waals surface area contributed by atoms with Gasteiger partial charge in [0.25, 0.3) is 0 Å². The Morgan fingerprint density at radius 2 is 1.92 bits per heavy atom. The van der Waals surface area contributed by atoms with Gasteiger partial charge in [-0.1, -0.05) is 0 Å². The Bertz CT molecular complexity index is 140. The van der Waals surface area contributed by atoms with Gasteiger partial charge in [-0.25, -0.2) is 5.48 Å². The molecule has 1 rings (SSSR count). The van der Waals surface area contributed by atoms with Crippen LogP contribution in [0.25, 0.3) is 0 Å². The molecule has 1 saturated heterocycles. The van der Waals surface area contributed by atoms with E-state index in [9.17, 15) is 4.79 Å². The van der Waals surface area contributed by atoms with Gasteiger partial charge in [-0.3, -0.25) is 9.63 Å². The first-order valence-electron chi connectivity index (χ1n) is 3.88.